The normalized spacial score (nSPS) is 20.2. The molecule has 1 aromatic heterocycles. The third-order valence-electron chi connectivity index (χ3n) is 4.89. The molecule has 2 fully saturated rings. The van der Waals surface area contributed by atoms with E-state index in [4.69, 9.17) is 0 Å². The number of aromatic nitrogens is 1. The summed E-state index contributed by atoms with van der Waals surface area (Å²) in [6.07, 6.45) is 7.45. The zero-order valence-corrected chi connectivity index (χ0v) is 15.0. The van der Waals surface area contributed by atoms with Crippen LogP contribution in [-0.4, -0.2) is 47.4 Å². The summed E-state index contributed by atoms with van der Waals surface area (Å²) in [5.41, 5.74) is 1.13. The molecular weight excluding hydrogens is 316 g/mol. The van der Waals surface area contributed by atoms with Crippen LogP contribution in [0.25, 0.3) is 0 Å². The minimum Gasteiger partial charge on any atom is -0.370 e. The van der Waals surface area contributed by atoms with Crippen molar-refractivity contribution < 1.29 is 9.59 Å². The van der Waals surface area contributed by atoms with Gasteiger partial charge in [-0.1, -0.05) is 6.07 Å². The predicted octanol–water partition coefficient (Wildman–Crippen LogP) is 2.10. The fourth-order valence-electron chi connectivity index (χ4n) is 3.24. The zero-order valence-electron chi connectivity index (χ0n) is 15.0. The van der Waals surface area contributed by atoms with Crippen molar-refractivity contribution in [2.45, 2.75) is 51.5 Å². The third kappa shape index (κ3) is 4.94. The van der Waals surface area contributed by atoms with E-state index in [-0.39, 0.29) is 23.8 Å². The van der Waals surface area contributed by atoms with Gasteiger partial charge in [-0.2, -0.15) is 0 Å². The SMILES string of the molecule is Cc1ccc(NCCCNC(=O)[C@H]2CCCCN2C(=O)C2CC2)nc1. The highest BCUT2D eigenvalue weighted by molar-refractivity contribution is 5.89. The highest BCUT2D eigenvalue weighted by atomic mass is 16.2. The highest BCUT2D eigenvalue weighted by Crippen LogP contribution is 2.33. The molecule has 2 amide bonds. The van der Waals surface area contributed by atoms with E-state index in [2.05, 4.69) is 15.6 Å². The fourth-order valence-corrected chi connectivity index (χ4v) is 3.24. The highest BCUT2D eigenvalue weighted by Gasteiger charge is 2.39. The van der Waals surface area contributed by atoms with Gasteiger partial charge in [0.25, 0.3) is 0 Å². The van der Waals surface area contributed by atoms with Crippen molar-refractivity contribution in [1.82, 2.24) is 15.2 Å². The molecule has 3 rings (SSSR count). The van der Waals surface area contributed by atoms with Crippen molar-refractivity contribution in [3.05, 3.63) is 23.9 Å². The molecule has 1 saturated carbocycles. The van der Waals surface area contributed by atoms with Crippen molar-refractivity contribution in [1.29, 1.82) is 0 Å². The summed E-state index contributed by atoms with van der Waals surface area (Å²) in [6, 6.07) is 3.71. The van der Waals surface area contributed by atoms with E-state index in [0.29, 0.717) is 6.54 Å². The summed E-state index contributed by atoms with van der Waals surface area (Å²) < 4.78 is 0. The molecule has 136 valence electrons. The molecule has 6 heteroatoms. The number of piperidine rings is 1. The molecule has 1 atom stereocenters. The molecule has 0 radical (unpaired) electrons. The molecule has 2 aliphatic rings. The van der Waals surface area contributed by atoms with Crippen molar-refractivity contribution in [3.63, 3.8) is 0 Å². The van der Waals surface area contributed by atoms with Gasteiger partial charge in [-0.15, -0.1) is 0 Å². The summed E-state index contributed by atoms with van der Waals surface area (Å²) in [4.78, 5) is 31.0. The number of nitrogens with zero attached hydrogens (tertiary/aromatic N) is 2. The lowest BCUT2D eigenvalue weighted by Crippen LogP contribution is -2.52. The van der Waals surface area contributed by atoms with E-state index in [1.165, 1.54) is 0 Å². The average molecular weight is 344 g/mol. The minimum absolute atomic E-state index is 0.00200. The maximum absolute atomic E-state index is 12.5. The first-order valence-corrected chi connectivity index (χ1v) is 9.40. The van der Waals surface area contributed by atoms with E-state index in [9.17, 15) is 9.59 Å². The van der Waals surface area contributed by atoms with Crippen molar-refractivity contribution in [2.75, 3.05) is 25.0 Å². The van der Waals surface area contributed by atoms with Crippen LogP contribution in [0.5, 0.6) is 0 Å². The number of rotatable bonds is 7. The topological polar surface area (TPSA) is 74.3 Å². The number of hydrogen-bond donors (Lipinski definition) is 2. The molecule has 0 spiro atoms. The fraction of sp³-hybridized carbons (Fsp3) is 0.632. The molecule has 6 nitrogen and oxygen atoms in total. The lowest BCUT2D eigenvalue weighted by molar-refractivity contribution is -0.143. The van der Waals surface area contributed by atoms with E-state index < -0.39 is 0 Å². The Morgan fingerprint density at radius 3 is 2.76 bits per heavy atom. The number of carbonyl (C=O) groups excluding carboxylic acids is 2. The first-order valence-electron chi connectivity index (χ1n) is 9.40. The first-order chi connectivity index (χ1) is 12.1. The number of hydrogen-bond acceptors (Lipinski definition) is 4. The number of pyridine rings is 1. The van der Waals surface area contributed by atoms with Crippen LogP contribution in [0.1, 0.15) is 44.1 Å². The molecule has 2 N–H and O–H groups in total. The molecule has 0 aromatic carbocycles. The largest absolute Gasteiger partial charge is 0.370 e. The number of anilines is 1. The Bertz CT molecular complexity index is 598. The number of aryl methyl sites for hydroxylation is 1. The summed E-state index contributed by atoms with van der Waals surface area (Å²) in [7, 11) is 0. The van der Waals surface area contributed by atoms with Crippen LogP contribution in [0.2, 0.25) is 0 Å². The molecule has 1 aliphatic carbocycles. The number of carbonyl (C=O) groups is 2. The van der Waals surface area contributed by atoms with Gasteiger partial charge >= 0.3 is 0 Å². The Morgan fingerprint density at radius 2 is 2.04 bits per heavy atom. The second kappa shape index (κ2) is 8.32. The average Bonchev–Trinajstić information content (AvgIpc) is 3.47. The number of nitrogens with one attached hydrogen (secondary N) is 2. The third-order valence-corrected chi connectivity index (χ3v) is 4.89. The zero-order chi connectivity index (χ0) is 17.6. The Hall–Kier alpha value is -2.11. The maximum Gasteiger partial charge on any atom is 0.242 e. The molecule has 1 aliphatic heterocycles. The van der Waals surface area contributed by atoms with Crippen LogP contribution in [0, 0.1) is 12.8 Å². The van der Waals surface area contributed by atoms with Crippen LogP contribution in [0.4, 0.5) is 5.82 Å². The van der Waals surface area contributed by atoms with Crippen molar-refractivity contribution >= 4 is 17.6 Å². The molecule has 25 heavy (non-hydrogen) atoms. The Labute approximate surface area is 149 Å². The summed E-state index contributed by atoms with van der Waals surface area (Å²) in [5.74, 6) is 1.22. The van der Waals surface area contributed by atoms with Crippen LogP contribution >= 0.6 is 0 Å². The Morgan fingerprint density at radius 1 is 1.20 bits per heavy atom. The number of amides is 2. The van der Waals surface area contributed by atoms with Gasteiger partial charge in [0, 0.05) is 31.7 Å². The molecule has 2 heterocycles. The van der Waals surface area contributed by atoms with Gasteiger partial charge in [-0.3, -0.25) is 9.59 Å². The van der Waals surface area contributed by atoms with Gasteiger partial charge in [0.05, 0.1) is 0 Å². The quantitative estimate of drug-likeness (QED) is 0.743. The summed E-state index contributed by atoms with van der Waals surface area (Å²) in [5, 5.41) is 6.25. The predicted molar refractivity (Wildman–Crippen MR) is 97.2 cm³/mol. The molecule has 0 unspecified atom stereocenters. The van der Waals surface area contributed by atoms with Gasteiger partial charge in [-0.05, 0) is 57.1 Å². The van der Waals surface area contributed by atoms with E-state index in [1.807, 2.05) is 30.2 Å². The van der Waals surface area contributed by atoms with Crippen LogP contribution < -0.4 is 10.6 Å². The van der Waals surface area contributed by atoms with Gasteiger partial charge in [-0.25, -0.2) is 4.98 Å². The van der Waals surface area contributed by atoms with Gasteiger partial charge < -0.3 is 15.5 Å². The second-order valence-corrected chi connectivity index (χ2v) is 7.11. The molecular formula is C19H28N4O2. The van der Waals surface area contributed by atoms with Crippen LogP contribution in [0.15, 0.2) is 18.3 Å². The first kappa shape index (κ1) is 17.7. The molecule has 1 saturated heterocycles. The monoisotopic (exact) mass is 344 g/mol. The Balaban J connectivity index is 1.38. The minimum atomic E-state index is -0.270. The van der Waals surface area contributed by atoms with Crippen LogP contribution in [-0.2, 0) is 9.59 Å². The molecule has 0 bridgehead atoms. The second-order valence-electron chi connectivity index (χ2n) is 7.11. The van der Waals surface area contributed by atoms with E-state index in [1.54, 1.807) is 0 Å². The number of likely N-dealkylation sites (tertiary alicyclic amines) is 1. The maximum atomic E-state index is 12.5. The Kier molecular flexibility index (Phi) is 5.89. The van der Waals surface area contributed by atoms with E-state index >= 15 is 0 Å². The van der Waals surface area contributed by atoms with Gasteiger partial charge in [0.1, 0.15) is 11.9 Å². The smallest absolute Gasteiger partial charge is 0.242 e. The van der Waals surface area contributed by atoms with Gasteiger partial charge in [0.15, 0.2) is 0 Å². The summed E-state index contributed by atoms with van der Waals surface area (Å²) >= 11 is 0. The van der Waals surface area contributed by atoms with Gasteiger partial charge in [0.2, 0.25) is 11.8 Å². The molecule has 1 aromatic rings. The summed E-state index contributed by atoms with van der Waals surface area (Å²) in [6.45, 7) is 4.11. The lowest BCUT2D eigenvalue weighted by Gasteiger charge is -2.35. The standard InChI is InChI=1S/C19H28N4O2/c1-14-6-9-17(22-13-14)20-10-4-11-21-18(24)16-5-2-3-12-23(16)19(25)15-7-8-15/h6,9,13,15-16H,2-5,7-8,10-12H2,1H3,(H,20,22)(H,21,24)/t16-/m1/s1. The van der Waals surface area contributed by atoms with E-state index in [0.717, 1.165) is 63.0 Å². The van der Waals surface area contributed by atoms with Crippen molar-refractivity contribution in [2.24, 2.45) is 5.92 Å². The van der Waals surface area contributed by atoms with Crippen molar-refractivity contribution in [3.8, 4) is 0 Å². The lowest BCUT2D eigenvalue weighted by atomic mass is 10.0. The van der Waals surface area contributed by atoms with Crippen LogP contribution in [0.3, 0.4) is 0 Å².